The van der Waals surface area contributed by atoms with Crippen molar-refractivity contribution in [1.82, 2.24) is 10.0 Å². The molecule has 1 fully saturated rings. The lowest BCUT2D eigenvalue weighted by atomic mass is 10.3. The van der Waals surface area contributed by atoms with E-state index in [0.29, 0.717) is 11.4 Å². The fraction of sp³-hybridized carbons (Fsp3) is 0.636. The standard InChI is InChI=1S/C11H18N2O2S2/c1-12-7-10-6-11(8-16-10)17(14,15)13-9-4-2-3-5-9/h6,8-9,12-13H,2-5,7H2,1H3. The highest BCUT2D eigenvalue weighted by Crippen LogP contribution is 2.23. The van der Waals surface area contributed by atoms with Crippen molar-refractivity contribution in [2.75, 3.05) is 7.05 Å². The molecule has 0 saturated heterocycles. The number of sulfonamides is 1. The molecule has 0 aliphatic heterocycles. The van der Waals surface area contributed by atoms with E-state index < -0.39 is 10.0 Å². The van der Waals surface area contributed by atoms with E-state index in [4.69, 9.17) is 0 Å². The Morgan fingerprint density at radius 2 is 2.12 bits per heavy atom. The molecule has 0 radical (unpaired) electrons. The summed E-state index contributed by atoms with van der Waals surface area (Å²) >= 11 is 1.48. The van der Waals surface area contributed by atoms with Crippen molar-refractivity contribution >= 4 is 21.4 Å². The average molecular weight is 274 g/mol. The molecule has 6 heteroatoms. The Hall–Kier alpha value is -0.430. The van der Waals surface area contributed by atoms with E-state index in [2.05, 4.69) is 10.0 Å². The summed E-state index contributed by atoms with van der Waals surface area (Å²) in [5, 5.41) is 4.73. The predicted molar refractivity (Wildman–Crippen MR) is 69.7 cm³/mol. The van der Waals surface area contributed by atoms with Gasteiger partial charge in [-0.15, -0.1) is 11.3 Å². The van der Waals surface area contributed by atoms with Crippen molar-refractivity contribution in [1.29, 1.82) is 0 Å². The topological polar surface area (TPSA) is 58.2 Å². The molecular weight excluding hydrogens is 256 g/mol. The molecular formula is C11H18N2O2S2. The van der Waals surface area contributed by atoms with Crippen LogP contribution in [0.3, 0.4) is 0 Å². The number of thiophene rings is 1. The van der Waals surface area contributed by atoms with Crippen molar-refractivity contribution in [3.63, 3.8) is 0 Å². The quantitative estimate of drug-likeness (QED) is 0.859. The van der Waals surface area contributed by atoms with Gasteiger partial charge in [0, 0.05) is 22.8 Å². The number of hydrogen-bond acceptors (Lipinski definition) is 4. The van der Waals surface area contributed by atoms with Crippen molar-refractivity contribution < 1.29 is 8.42 Å². The second kappa shape index (κ2) is 5.48. The lowest BCUT2D eigenvalue weighted by Gasteiger charge is -2.11. The van der Waals surface area contributed by atoms with Crippen LogP contribution < -0.4 is 10.0 Å². The second-order valence-electron chi connectivity index (χ2n) is 4.38. The summed E-state index contributed by atoms with van der Waals surface area (Å²) in [6, 6.07) is 1.88. The van der Waals surface area contributed by atoms with Crippen LogP contribution in [0.2, 0.25) is 0 Å². The van der Waals surface area contributed by atoms with E-state index in [1.165, 1.54) is 11.3 Å². The third-order valence-corrected chi connectivity index (χ3v) is 5.55. The van der Waals surface area contributed by atoms with Crippen molar-refractivity contribution in [3.8, 4) is 0 Å². The van der Waals surface area contributed by atoms with Gasteiger partial charge >= 0.3 is 0 Å². The fourth-order valence-corrected chi connectivity index (χ4v) is 4.69. The van der Waals surface area contributed by atoms with Gasteiger partial charge in [-0.2, -0.15) is 0 Å². The fourth-order valence-electron chi connectivity index (χ4n) is 2.10. The van der Waals surface area contributed by atoms with E-state index >= 15 is 0 Å². The molecule has 0 atom stereocenters. The van der Waals surface area contributed by atoms with Gasteiger partial charge in [0.05, 0.1) is 4.90 Å². The van der Waals surface area contributed by atoms with Gasteiger partial charge in [0.1, 0.15) is 0 Å². The Morgan fingerprint density at radius 1 is 1.41 bits per heavy atom. The largest absolute Gasteiger partial charge is 0.315 e. The summed E-state index contributed by atoms with van der Waals surface area (Å²) in [7, 11) is -1.46. The first-order valence-corrected chi connectivity index (χ1v) is 8.22. The predicted octanol–water partition coefficient (Wildman–Crippen LogP) is 1.69. The zero-order valence-corrected chi connectivity index (χ0v) is 11.5. The Kier molecular flexibility index (Phi) is 4.19. The summed E-state index contributed by atoms with van der Waals surface area (Å²) in [4.78, 5) is 1.44. The molecule has 1 aliphatic carbocycles. The highest BCUT2D eigenvalue weighted by atomic mass is 32.2. The minimum absolute atomic E-state index is 0.132. The van der Waals surface area contributed by atoms with Crippen LogP contribution >= 0.6 is 11.3 Å². The first-order valence-electron chi connectivity index (χ1n) is 5.86. The summed E-state index contributed by atoms with van der Waals surface area (Å²) in [5.41, 5.74) is 0. The average Bonchev–Trinajstić information content (AvgIpc) is 2.88. The maximum absolute atomic E-state index is 12.1. The molecule has 0 amide bonds. The van der Waals surface area contributed by atoms with Crippen LogP contribution in [0.1, 0.15) is 30.6 Å². The Bertz CT molecular complexity index is 462. The molecule has 96 valence electrons. The zero-order valence-electron chi connectivity index (χ0n) is 9.90. The smallest absolute Gasteiger partial charge is 0.241 e. The molecule has 2 N–H and O–H groups in total. The van der Waals surface area contributed by atoms with E-state index in [0.717, 1.165) is 30.6 Å². The molecule has 1 heterocycles. The summed E-state index contributed by atoms with van der Waals surface area (Å²) in [6.45, 7) is 0.712. The first kappa shape index (κ1) is 13.0. The maximum Gasteiger partial charge on any atom is 0.241 e. The van der Waals surface area contributed by atoms with Gasteiger partial charge in [0.15, 0.2) is 0 Å². The molecule has 0 bridgehead atoms. The van der Waals surface area contributed by atoms with Crippen LogP contribution in [-0.2, 0) is 16.6 Å². The highest BCUT2D eigenvalue weighted by molar-refractivity contribution is 7.89. The molecule has 1 aliphatic rings. The lowest BCUT2D eigenvalue weighted by molar-refractivity contribution is 0.552. The summed E-state index contributed by atoms with van der Waals surface area (Å²) < 4.78 is 26.9. The molecule has 1 aromatic rings. The molecule has 2 rings (SSSR count). The Labute approximate surface area is 106 Å². The van der Waals surface area contributed by atoms with Gasteiger partial charge < -0.3 is 5.32 Å². The van der Waals surface area contributed by atoms with Crippen LogP contribution in [0.4, 0.5) is 0 Å². The number of nitrogens with one attached hydrogen (secondary N) is 2. The molecule has 17 heavy (non-hydrogen) atoms. The van der Waals surface area contributed by atoms with Crippen LogP contribution in [0.25, 0.3) is 0 Å². The monoisotopic (exact) mass is 274 g/mol. The SMILES string of the molecule is CNCc1cc(S(=O)(=O)NC2CCCC2)cs1. The van der Waals surface area contributed by atoms with E-state index in [1.807, 2.05) is 7.05 Å². The first-order chi connectivity index (χ1) is 8.12. The van der Waals surface area contributed by atoms with Gasteiger partial charge in [-0.05, 0) is 26.0 Å². The highest BCUT2D eigenvalue weighted by Gasteiger charge is 2.23. The van der Waals surface area contributed by atoms with E-state index in [1.54, 1.807) is 11.4 Å². The minimum Gasteiger partial charge on any atom is -0.315 e. The van der Waals surface area contributed by atoms with Crippen LogP contribution in [0.5, 0.6) is 0 Å². The van der Waals surface area contributed by atoms with E-state index in [9.17, 15) is 8.42 Å². The van der Waals surface area contributed by atoms with Gasteiger partial charge in [0.25, 0.3) is 0 Å². The molecule has 1 saturated carbocycles. The van der Waals surface area contributed by atoms with Gasteiger partial charge in [-0.3, -0.25) is 0 Å². The summed E-state index contributed by atoms with van der Waals surface area (Å²) in [6.07, 6.45) is 4.18. The second-order valence-corrected chi connectivity index (χ2v) is 7.09. The van der Waals surface area contributed by atoms with Crippen molar-refractivity contribution in [2.24, 2.45) is 0 Å². The Morgan fingerprint density at radius 3 is 2.76 bits per heavy atom. The van der Waals surface area contributed by atoms with Gasteiger partial charge in [0.2, 0.25) is 10.0 Å². The normalized spacial score (nSPS) is 17.7. The third-order valence-electron chi connectivity index (χ3n) is 2.97. The van der Waals surface area contributed by atoms with Crippen molar-refractivity contribution in [3.05, 3.63) is 16.3 Å². The Balaban J connectivity index is 2.07. The minimum atomic E-state index is -3.31. The van der Waals surface area contributed by atoms with Crippen LogP contribution in [-0.4, -0.2) is 21.5 Å². The van der Waals surface area contributed by atoms with Crippen molar-refractivity contribution in [2.45, 2.75) is 43.2 Å². The van der Waals surface area contributed by atoms with Gasteiger partial charge in [-0.1, -0.05) is 12.8 Å². The zero-order chi connectivity index (χ0) is 12.3. The van der Waals surface area contributed by atoms with Gasteiger partial charge in [-0.25, -0.2) is 13.1 Å². The molecule has 1 aromatic heterocycles. The number of rotatable bonds is 5. The van der Waals surface area contributed by atoms with E-state index in [-0.39, 0.29) is 6.04 Å². The maximum atomic E-state index is 12.1. The molecule has 4 nitrogen and oxygen atoms in total. The van der Waals surface area contributed by atoms with Crippen LogP contribution in [0, 0.1) is 0 Å². The lowest BCUT2D eigenvalue weighted by Crippen LogP contribution is -2.32. The van der Waals surface area contributed by atoms with Crippen LogP contribution in [0.15, 0.2) is 16.3 Å². The molecule has 0 aromatic carbocycles. The molecule has 0 unspecified atom stereocenters. The summed E-state index contributed by atoms with van der Waals surface area (Å²) in [5.74, 6) is 0. The number of hydrogen-bond donors (Lipinski definition) is 2. The molecule has 0 spiro atoms. The third kappa shape index (κ3) is 3.28.